The van der Waals surface area contributed by atoms with Crippen molar-refractivity contribution >= 4 is 37.8 Å². The van der Waals surface area contributed by atoms with E-state index in [0.29, 0.717) is 16.7 Å². The lowest BCUT2D eigenvalue weighted by atomic mass is 9.44. The van der Waals surface area contributed by atoms with E-state index >= 15 is 0 Å². The molecule has 0 radical (unpaired) electrons. The van der Waals surface area contributed by atoms with E-state index in [0.717, 1.165) is 49.4 Å². The highest BCUT2D eigenvalue weighted by molar-refractivity contribution is 9.12. The van der Waals surface area contributed by atoms with Crippen molar-refractivity contribution < 1.29 is 9.53 Å². The summed E-state index contributed by atoms with van der Waals surface area (Å²) in [7, 11) is 0. The molecule has 4 fully saturated rings. The summed E-state index contributed by atoms with van der Waals surface area (Å²) >= 11 is 8.63. The van der Waals surface area contributed by atoms with Gasteiger partial charge in [0.25, 0.3) is 0 Å². The van der Waals surface area contributed by atoms with Crippen LogP contribution < -0.4 is 0 Å². The Kier molecular flexibility index (Phi) is 11.2. The molecular weight excluding hydrogens is 600 g/mol. The third-order valence-corrected chi connectivity index (χ3v) is 15.9. The highest BCUT2D eigenvalue weighted by atomic mass is 79.9. The van der Waals surface area contributed by atoms with Crippen LogP contribution in [0.1, 0.15) is 156 Å². The maximum atomic E-state index is 12.6. The molecule has 0 aromatic heterocycles. The van der Waals surface area contributed by atoms with Crippen LogP contribution in [0.5, 0.6) is 0 Å². The number of fused-ring (bicyclic) bond motifs is 5. The molecule has 0 aromatic rings. The van der Waals surface area contributed by atoms with Crippen LogP contribution in [0.2, 0.25) is 0 Å². The number of rotatable bonds is 13. The molecule has 0 spiro atoms. The molecule has 4 heteroatoms. The van der Waals surface area contributed by atoms with Crippen molar-refractivity contribution in [2.75, 3.05) is 0 Å². The maximum absolute atomic E-state index is 12.6. The van der Waals surface area contributed by atoms with E-state index in [1.165, 1.54) is 96.3 Å². The van der Waals surface area contributed by atoms with Gasteiger partial charge in [0.1, 0.15) is 6.10 Å². The zero-order valence-electron chi connectivity index (χ0n) is 25.2. The summed E-state index contributed by atoms with van der Waals surface area (Å²) in [4.78, 5) is 13.1. The molecule has 4 saturated carbocycles. The maximum Gasteiger partial charge on any atom is 0.306 e. The summed E-state index contributed by atoms with van der Waals surface area (Å²) in [5, 5.41) is 0. The molecule has 0 heterocycles. The summed E-state index contributed by atoms with van der Waals surface area (Å²) in [6, 6.07) is 0. The average Bonchev–Trinajstić information content (AvgIpc) is 3.22. The molecule has 38 heavy (non-hydrogen) atoms. The van der Waals surface area contributed by atoms with Gasteiger partial charge in [0.2, 0.25) is 0 Å². The zero-order chi connectivity index (χ0) is 27.4. The van der Waals surface area contributed by atoms with Crippen molar-refractivity contribution in [1.29, 1.82) is 0 Å². The number of alkyl halides is 2. The molecule has 220 valence electrons. The quantitative estimate of drug-likeness (QED) is 0.112. The first-order valence-corrected chi connectivity index (χ1v) is 18.4. The van der Waals surface area contributed by atoms with Crippen molar-refractivity contribution in [2.45, 2.75) is 171 Å². The Bertz CT molecular complexity index is 772. The molecule has 4 aliphatic rings. The van der Waals surface area contributed by atoms with Crippen LogP contribution in [0.3, 0.4) is 0 Å². The van der Waals surface area contributed by atoms with Crippen LogP contribution in [0, 0.1) is 34.5 Å². The van der Waals surface area contributed by atoms with Gasteiger partial charge in [0.15, 0.2) is 0 Å². The molecule has 0 aromatic carbocycles. The second-order valence-corrected chi connectivity index (χ2v) is 16.9. The fourth-order valence-corrected chi connectivity index (χ4v) is 12.1. The third-order valence-electron chi connectivity index (χ3n) is 12.3. The molecule has 0 N–H and O–H groups in total. The van der Waals surface area contributed by atoms with E-state index in [9.17, 15) is 4.79 Å². The monoisotopic (exact) mass is 656 g/mol. The van der Waals surface area contributed by atoms with Crippen LogP contribution in [-0.2, 0) is 9.53 Å². The number of carbonyl (C=O) groups excluding carboxylic acids is 1. The summed E-state index contributed by atoms with van der Waals surface area (Å²) in [5.74, 6) is 3.53. The molecule has 0 saturated heterocycles. The second-order valence-electron chi connectivity index (χ2n) is 14.4. The Morgan fingerprint density at radius 3 is 2.26 bits per heavy atom. The number of unbranched alkanes of at least 4 members (excludes halogenated alkanes) is 8. The molecule has 0 amide bonds. The summed E-state index contributed by atoms with van der Waals surface area (Å²) < 4.78 is 6.12. The molecular formula is C34H58Br2O2. The molecule has 9 atom stereocenters. The van der Waals surface area contributed by atoms with Gasteiger partial charge >= 0.3 is 5.97 Å². The smallest absolute Gasteiger partial charge is 0.306 e. The van der Waals surface area contributed by atoms with Crippen molar-refractivity contribution in [1.82, 2.24) is 0 Å². The van der Waals surface area contributed by atoms with Gasteiger partial charge in [0, 0.05) is 22.0 Å². The van der Waals surface area contributed by atoms with Gasteiger partial charge in [-0.15, -0.1) is 0 Å². The normalized spacial score (nSPS) is 42.3. The molecule has 0 bridgehead atoms. The zero-order valence-corrected chi connectivity index (χ0v) is 28.4. The minimum Gasteiger partial charge on any atom is -0.462 e. The second kappa shape index (κ2) is 13.6. The van der Waals surface area contributed by atoms with Crippen molar-refractivity contribution in [3.8, 4) is 0 Å². The number of ether oxygens (including phenoxy) is 1. The highest BCUT2D eigenvalue weighted by Crippen LogP contribution is 2.71. The van der Waals surface area contributed by atoms with Crippen LogP contribution >= 0.6 is 31.9 Å². The van der Waals surface area contributed by atoms with Crippen LogP contribution in [0.15, 0.2) is 0 Å². The SMILES string of the molecule is CCCCCCCC[C@H]1CC[C@H]2[C@@H]3C[C@H](Br)[C@]4(Br)C[C@@H](OC(=O)CCCCCC)CC[C@]4(C)[C@H]3CC[C@]12C. The summed E-state index contributed by atoms with van der Waals surface area (Å²) in [5.41, 5.74) is 0.831. The molecule has 4 aliphatic carbocycles. The Labute approximate surface area is 252 Å². The minimum atomic E-state index is 0.0246. The Balaban J connectivity index is 1.36. The molecule has 4 rings (SSSR count). The Hall–Kier alpha value is 0.430. The molecule has 2 nitrogen and oxygen atoms in total. The number of hydrogen-bond acceptors (Lipinski definition) is 2. The average molecular weight is 659 g/mol. The predicted molar refractivity (Wildman–Crippen MR) is 168 cm³/mol. The van der Waals surface area contributed by atoms with Crippen LogP contribution in [-0.4, -0.2) is 21.2 Å². The van der Waals surface area contributed by atoms with E-state index in [1.54, 1.807) is 0 Å². The van der Waals surface area contributed by atoms with Crippen LogP contribution in [0.4, 0.5) is 0 Å². The third kappa shape index (κ3) is 6.27. The van der Waals surface area contributed by atoms with Gasteiger partial charge in [-0.1, -0.05) is 117 Å². The summed E-state index contributed by atoms with van der Waals surface area (Å²) in [6.07, 6.45) is 25.4. The number of carbonyl (C=O) groups is 1. The lowest BCUT2D eigenvalue weighted by molar-refractivity contribution is -0.157. The Morgan fingerprint density at radius 2 is 1.53 bits per heavy atom. The standard InChI is InChI=1S/C34H58Br2O2/c1-5-7-9-11-12-13-15-25-17-18-28-27-23-30(35)34(36)24-26(38-31(37)16-14-10-8-6-2)19-22-33(34,4)29(27)20-21-32(25,28)3/h25-30H,5-24H2,1-4H3/t25-,26-,27-,28-,29-,30-,32+,33+,34+/m0/s1. The fourth-order valence-electron chi connectivity index (χ4n) is 9.94. The fraction of sp³-hybridized carbons (Fsp3) is 0.971. The Morgan fingerprint density at radius 1 is 0.842 bits per heavy atom. The van der Waals surface area contributed by atoms with Gasteiger partial charge in [-0.05, 0) is 92.3 Å². The lowest BCUT2D eigenvalue weighted by Crippen LogP contribution is -2.64. The van der Waals surface area contributed by atoms with E-state index in [4.69, 9.17) is 4.74 Å². The largest absolute Gasteiger partial charge is 0.462 e. The van der Waals surface area contributed by atoms with Gasteiger partial charge in [0.05, 0.1) is 0 Å². The van der Waals surface area contributed by atoms with E-state index < -0.39 is 0 Å². The van der Waals surface area contributed by atoms with Gasteiger partial charge in [-0.2, -0.15) is 0 Å². The van der Waals surface area contributed by atoms with E-state index in [2.05, 4.69) is 59.6 Å². The predicted octanol–water partition coefficient (Wildman–Crippen LogP) is 11.2. The lowest BCUT2D eigenvalue weighted by Gasteiger charge is -2.65. The first-order chi connectivity index (χ1) is 18.2. The van der Waals surface area contributed by atoms with E-state index in [1.807, 2.05) is 0 Å². The summed E-state index contributed by atoms with van der Waals surface area (Å²) in [6.45, 7) is 9.82. The van der Waals surface area contributed by atoms with Crippen molar-refractivity contribution in [3.05, 3.63) is 0 Å². The van der Waals surface area contributed by atoms with Crippen molar-refractivity contribution in [3.63, 3.8) is 0 Å². The number of hydrogen-bond donors (Lipinski definition) is 0. The first kappa shape index (κ1) is 31.4. The van der Waals surface area contributed by atoms with Gasteiger partial charge in [-0.3, -0.25) is 4.79 Å². The topological polar surface area (TPSA) is 26.3 Å². The minimum absolute atomic E-state index is 0.0246. The van der Waals surface area contributed by atoms with Gasteiger partial charge in [-0.25, -0.2) is 0 Å². The van der Waals surface area contributed by atoms with Crippen molar-refractivity contribution in [2.24, 2.45) is 34.5 Å². The number of esters is 1. The van der Waals surface area contributed by atoms with E-state index in [-0.39, 0.29) is 21.8 Å². The number of halogens is 2. The highest BCUT2D eigenvalue weighted by Gasteiger charge is 2.66. The first-order valence-electron chi connectivity index (χ1n) is 16.7. The molecule has 0 aliphatic heterocycles. The molecule has 0 unspecified atom stereocenters. The van der Waals surface area contributed by atoms with Crippen LogP contribution in [0.25, 0.3) is 0 Å². The van der Waals surface area contributed by atoms with Gasteiger partial charge < -0.3 is 4.74 Å².